The lowest BCUT2D eigenvalue weighted by molar-refractivity contribution is 0.105. The molecule has 5 nitrogen and oxygen atoms in total. The van der Waals surface area contributed by atoms with Gasteiger partial charge in [-0.1, -0.05) is 0 Å². The normalized spacial score (nSPS) is 15.3. The molecule has 110 valence electrons. The van der Waals surface area contributed by atoms with E-state index in [1.165, 1.54) is 6.07 Å². The van der Waals surface area contributed by atoms with Crippen LogP contribution in [0.1, 0.15) is 6.92 Å². The highest BCUT2D eigenvalue weighted by atomic mass is 19.1. The molecule has 1 fully saturated rings. The van der Waals surface area contributed by atoms with E-state index in [2.05, 4.69) is 0 Å². The maximum atomic E-state index is 13.4. The Morgan fingerprint density at radius 2 is 1.95 bits per heavy atom. The molecule has 0 aromatic heterocycles. The van der Waals surface area contributed by atoms with Crippen molar-refractivity contribution in [3.05, 3.63) is 23.8 Å². The van der Waals surface area contributed by atoms with E-state index in [1.54, 1.807) is 16.7 Å². The first-order valence-electron chi connectivity index (χ1n) is 6.44. The van der Waals surface area contributed by atoms with Crippen LogP contribution in [0.4, 0.5) is 25.0 Å². The molecule has 1 aliphatic heterocycles. The lowest BCUT2D eigenvalue weighted by Crippen LogP contribution is -2.49. The number of hydrogen-bond acceptors (Lipinski definition) is 4. The quantitative estimate of drug-likeness (QED) is 0.842. The highest BCUT2D eigenvalue weighted by Gasteiger charge is 2.24. The molecule has 1 amide bonds. The first kappa shape index (κ1) is 14.4. The minimum Gasteiger partial charge on any atom is -0.450 e. The average Bonchev–Trinajstić information content (AvgIpc) is 2.43. The summed E-state index contributed by atoms with van der Waals surface area (Å²) >= 11 is 0. The highest BCUT2D eigenvalue weighted by Crippen LogP contribution is 2.28. The molecule has 0 bridgehead atoms. The Labute approximate surface area is 115 Å². The number of hydrogen-bond donors (Lipinski definition) is 1. The summed E-state index contributed by atoms with van der Waals surface area (Å²) in [6, 6.07) is 1.96. The molecular weight excluding hydrogens is 268 g/mol. The Kier molecular flexibility index (Phi) is 4.26. The number of rotatable bonds is 2. The van der Waals surface area contributed by atoms with Gasteiger partial charge < -0.3 is 20.3 Å². The fraction of sp³-hybridized carbons (Fsp3) is 0.462. The summed E-state index contributed by atoms with van der Waals surface area (Å²) in [7, 11) is 0. The summed E-state index contributed by atoms with van der Waals surface area (Å²) < 4.78 is 31.6. The highest BCUT2D eigenvalue weighted by molar-refractivity contribution is 5.70. The fourth-order valence-corrected chi connectivity index (χ4v) is 2.18. The summed E-state index contributed by atoms with van der Waals surface area (Å²) in [6.07, 6.45) is -0.370. The lowest BCUT2D eigenvalue weighted by atomic mass is 10.2. The van der Waals surface area contributed by atoms with Crippen LogP contribution >= 0.6 is 0 Å². The molecule has 0 spiro atoms. The zero-order valence-electron chi connectivity index (χ0n) is 11.2. The van der Waals surface area contributed by atoms with E-state index in [9.17, 15) is 13.6 Å². The van der Waals surface area contributed by atoms with Crippen LogP contribution in [0.25, 0.3) is 0 Å². The number of carbonyl (C=O) groups is 1. The first-order chi connectivity index (χ1) is 9.52. The van der Waals surface area contributed by atoms with E-state index in [-0.39, 0.29) is 11.8 Å². The lowest BCUT2D eigenvalue weighted by Gasteiger charge is -2.36. The molecule has 20 heavy (non-hydrogen) atoms. The van der Waals surface area contributed by atoms with Crippen molar-refractivity contribution < 1.29 is 18.3 Å². The number of halogens is 2. The summed E-state index contributed by atoms with van der Waals surface area (Å²) in [6.45, 7) is 3.82. The van der Waals surface area contributed by atoms with Crippen molar-refractivity contribution in [1.82, 2.24) is 4.90 Å². The zero-order chi connectivity index (χ0) is 14.7. The van der Waals surface area contributed by atoms with Gasteiger partial charge in [-0.3, -0.25) is 0 Å². The van der Waals surface area contributed by atoms with Crippen LogP contribution < -0.4 is 10.6 Å². The van der Waals surface area contributed by atoms with Gasteiger partial charge in [-0.15, -0.1) is 0 Å². The predicted octanol–water partition coefficient (Wildman–Crippen LogP) is 1.83. The van der Waals surface area contributed by atoms with Gasteiger partial charge in [0, 0.05) is 32.2 Å². The standard InChI is InChI=1S/C13H17F2N3O2/c1-2-20-13(19)18-5-3-17(4-6-18)11-8-9(14)7-10(15)12(11)16/h7-8H,2-6,16H2,1H3. The van der Waals surface area contributed by atoms with Crippen molar-refractivity contribution in [2.45, 2.75) is 6.92 Å². The van der Waals surface area contributed by atoms with Crippen LogP contribution in [-0.4, -0.2) is 43.8 Å². The third kappa shape index (κ3) is 2.92. The van der Waals surface area contributed by atoms with E-state index in [4.69, 9.17) is 10.5 Å². The number of anilines is 2. The van der Waals surface area contributed by atoms with Crippen LogP contribution in [0.15, 0.2) is 12.1 Å². The van der Waals surface area contributed by atoms with Crippen LogP contribution in [0.3, 0.4) is 0 Å². The van der Waals surface area contributed by atoms with Gasteiger partial charge in [-0.25, -0.2) is 13.6 Å². The Balaban J connectivity index is 2.06. The van der Waals surface area contributed by atoms with Crippen molar-refractivity contribution in [3.8, 4) is 0 Å². The molecule has 0 unspecified atom stereocenters. The minimum atomic E-state index is -0.771. The van der Waals surface area contributed by atoms with Crippen LogP contribution in [0.2, 0.25) is 0 Å². The first-order valence-corrected chi connectivity index (χ1v) is 6.44. The molecule has 0 atom stereocenters. The van der Waals surface area contributed by atoms with Gasteiger partial charge in [0.25, 0.3) is 0 Å². The molecular formula is C13H17F2N3O2. The van der Waals surface area contributed by atoms with Crippen LogP contribution in [0.5, 0.6) is 0 Å². The molecule has 7 heteroatoms. The van der Waals surface area contributed by atoms with Crippen molar-refractivity contribution in [2.75, 3.05) is 43.4 Å². The molecule has 2 N–H and O–H groups in total. The molecule has 1 saturated heterocycles. The van der Waals surface area contributed by atoms with Gasteiger partial charge in [0.2, 0.25) is 0 Å². The van der Waals surface area contributed by atoms with E-state index in [0.717, 1.165) is 6.07 Å². The smallest absolute Gasteiger partial charge is 0.409 e. The second-order valence-corrected chi connectivity index (χ2v) is 4.49. The third-order valence-corrected chi connectivity index (χ3v) is 3.22. The van der Waals surface area contributed by atoms with Crippen LogP contribution in [0, 0.1) is 11.6 Å². The number of nitrogens with two attached hydrogens (primary N) is 1. The fourth-order valence-electron chi connectivity index (χ4n) is 2.18. The maximum absolute atomic E-state index is 13.4. The number of benzene rings is 1. The van der Waals surface area contributed by atoms with Gasteiger partial charge in [0.1, 0.15) is 5.82 Å². The predicted molar refractivity (Wildman–Crippen MR) is 71.6 cm³/mol. The SMILES string of the molecule is CCOC(=O)N1CCN(c2cc(F)cc(F)c2N)CC1. The van der Waals surface area contributed by atoms with Gasteiger partial charge in [0.05, 0.1) is 18.0 Å². The van der Waals surface area contributed by atoms with Crippen molar-refractivity contribution in [2.24, 2.45) is 0 Å². The third-order valence-electron chi connectivity index (χ3n) is 3.22. The molecule has 0 saturated carbocycles. The van der Waals surface area contributed by atoms with Gasteiger partial charge in [0.15, 0.2) is 5.82 Å². The number of ether oxygens (including phenoxy) is 1. The Hall–Kier alpha value is -2.05. The minimum absolute atomic E-state index is 0.0732. The van der Waals surface area contributed by atoms with E-state index < -0.39 is 11.6 Å². The van der Waals surface area contributed by atoms with Crippen molar-refractivity contribution in [3.63, 3.8) is 0 Å². The summed E-state index contributed by atoms with van der Waals surface area (Å²) in [5.74, 6) is -1.44. The van der Waals surface area contributed by atoms with Gasteiger partial charge in [-0.2, -0.15) is 0 Å². The molecule has 0 aliphatic carbocycles. The van der Waals surface area contributed by atoms with Crippen molar-refractivity contribution >= 4 is 17.5 Å². The largest absolute Gasteiger partial charge is 0.450 e. The molecule has 1 aromatic carbocycles. The van der Waals surface area contributed by atoms with Gasteiger partial charge >= 0.3 is 6.09 Å². The molecule has 1 aromatic rings. The topological polar surface area (TPSA) is 58.8 Å². The Bertz CT molecular complexity index is 503. The van der Waals surface area contributed by atoms with Crippen LogP contribution in [-0.2, 0) is 4.74 Å². The number of piperazine rings is 1. The summed E-state index contributed by atoms with van der Waals surface area (Å²) in [5, 5.41) is 0. The molecule has 1 heterocycles. The number of nitrogen functional groups attached to an aromatic ring is 1. The van der Waals surface area contributed by atoms with E-state index in [0.29, 0.717) is 38.5 Å². The number of amides is 1. The summed E-state index contributed by atoms with van der Waals surface area (Å²) in [5.41, 5.74) is 5.89. The number of nitrogens with zero attached hydrogens (tertiary/aromatic N) is 2. The average molecular weight is 285 g/mol. The Morgan fingerprint density at radius 3 is 2.55 bits per heavy atom. The van der Waals surface area contributed by atoms with E-state index >= 15 is 0 Å². The van der Waals surface area contributed by atoms with Crippen molar-refractivity contribution in [1.29, 1.82) is 0 Å². The second-order valence-electron chi connectivity index (χ2n) is 4.49. The van der Waals surface area contributed by atoms with Gasteiger partial charge in [-0.05, 0) is 13.0 Å². The Morgan fingerprint density at radius 1 is 1.30 bits per heavy atom. The molecule has 1 aliphatic rings. The van der Waals surface area contributed by atoms with E-state index in [1.807, 2.05) is 0 Å². The number of carbonyl (C=O) groups excluding carboxylic acids is 1. The monoisotopic (exact) mass is 285 g/mol. The maximum Gasteiger partial charge on any atom is 0.409 e. The second kappa shape index (κ2) is 5.94. The summed E-state index contributed by atoms with van der Waals surface area (Å²) in [4.78, 5) is 14.9. The zero-order valence-corrected chi connectivity index (χ0v) is 11.2. The molecule has 2 rings (SSSR count). The molecule has 0 radical (unpaired) electrons.